The lowest BCUT2D eigenvalue weighted by Crippen LogP contribution is -2.50. The molecule has 104 valence electrons. The van der Waals surface area contributed by atoms with Crippen molar-refractivity contribution in [2.24, 2.45) is 0 Å². The second-order valence-electron chi connectivity index (χ2n) is 6.73. The van der Waals surface area contributed by atoms with Gasteiger partial charge in [-0.15, -0.1) is 0 Å². The van der Waals surface area contributed by atoms with Crippen LogP contribution in [0.25, 0.3) is 0 Å². The SMILES string of the molecule is CC(C)(C)N1CCOCC1c1ccncc1C1CC1. The summed E-state index contributed by atoms with van der Waals surface area (Å²) in [7, 11) is 0. The highest BCUT2D eigenvalue weighted by atomic mass is 16.5. The molecule has 1 aliphatic carbocycles. The molecule has 1 aromatic rings. The van der Waals surface area contributed by atoms with Gasteiger partial charge in [0.15, 0.2) is 0 Å². The number of rotatable bonds is 2. The van der Waals surface area contributed by atoms with Crippen LogP contribution in [-0.4, -0.2) is 35.2 Å². The molecule has 19 heavy (non-hydrogen) atoms. The number of hydrogen-bond acceptors (Lipinski definition) is 3. The highest BCUT2D eigenvalue weighted by molar-refractivity contribution is 5.33. The molecule has 2 aliphatic rings. The number of pyridine rings is 1. The third kappa shape index (κ3) is 2.67. The molecule has 1 unspecified atom stereocenters. The van der Waals surface area contributed by atoms with Crippen molar-refractivity contribution >= 4 is 0 Å². The summed E-state index contributed by atoms with van der Waals surface area (Å²) in [4.78, 5) is 6.91. The molecule has 0 N–H and O–H groups in total. The van der Waals surface area contributed by atoms with E-state index in [0.717, 1.165) is 25.7 Å². The second kappa shape index (κ2) is 4.88. The van der Waals surface area contributed by atoms with Crippen LogP contribution in [0.5, 0.6) is 0 Å². The first-order valence-electron chi connectivity index (χ1n) is 7.35. The van der Waals surface area contributed by atoms with Crippen LogP contribution in [0.4, 0.5) is 0 Å². The zero-order valence-corrected chi connectivity index (χ0v) is 12.2. The summed E-state index contributed by atoms with van der Waals surface area (Å²) in [6.45, 7) is 9.55. The molecule has 0 amide bonds. The molecule has 2 heterocycles. The highest BCUT2D eigenvalue weighted by Gasteiger charge is 2.36. The first-order valence-corrected chi connectivity index (χ1v) is 7.35. The standard InChI is InChI=1S/C16H24N2O/c1-16(2,3)18-8-9-19-11-15(18)13-6-7-17-10-14(13)12-4-5-12/h6-7,10,12,15H,4-5,8-9,11H2,1-3H3. The lowest BCUT2D eigenvalue weighted by Gasteiger charge is -2.45. The van der Waals surface area contributed by atoms with Gasteiger partial charge in [-0.2, -0.15) is 0 Å². The molecule has 0 spiro atoms. The van der Waals surface area contributed by atoms with Crippen LogP contribution in [0.1, 0.15) is 56.7 Å². The van der Waals surface area contributed by atoms with Crippen LogP contribution >= 0.6 is 0 Å². The maximum atomic E-state index is 5.75. The minimum absolute atomic E-state index is 0.179. The van der Waals surface area contributed by atoms with Crippen molar-refractivity contribution in [3.63, 3.8) is 0 Å². The molecule has 1 saturated heterocycles. The number of ether oxygens (including phenoxy) is 1. The number of aromatic nitrogens is 1. The highest BCUT2D eigenvalue weighted by Crippen LogP contribution is 2.44. The summed E-state index contributed by atoms with van der Waals surface area (Å²) in [6.07, 6.45) is 6.64. The molecule has 1 aliphatic heterocycles. The third-order valence-electron chi connectivity index (χ3n) is 4.25. The molecule has 0 radical (unpaired) electrons. The molecular weight excluding hydrogens is 236 g/mol. The van der Waals surface area contributed by atoms with Crippen molar-refractivity contribution in [3.8, 4) is 0 Å². The number of morpholine rings is 1. The minimum Gasteiger partial charge on any atom is -0.378 e. The zero-order chi connectivity index (χ0) is 13.5. The van der Waals surface area contributed by atoms with Crippen LogP contribution in [0.15, 0.2) is 18.5 Å². The van der Waals surface area contributed by atoms with Gasteiger partial charge in [0, 0.05) is 24.5 Å². The molecule has 1 aromatic heterocycles. The monoisotopic (exact) mass is 260 g/mol. The van der Waals surface area contributed by atoms with Gasteiger partial charge in [0.2, 0.25) is 0 Å². The molecule has 3 nitrogen and oxygen atoms in total. The van der Waals surface area contributed by atoms with Crippen LogP contribution in [0, 0.1) is 0 Å². The van der Waals surface area contributed by atoms with E-state index in [4.69, 9.17) is 4.74 Å². The van der Waals surface area contributed by atoms with Gasteiger partial charge in [0.25, 0.3) is 0 Å². The topological polar surface area (TPSA) is 25.4 Å². The Bertz CT molecular complexity index is 448. The molecule has 1 atom stereocenters. The van der Waals surface area contributed by atoms with Gasteiger partial charge in [-0.3, -0.25) is 9.88 Å². The van der Waals surface area contributed by atoms with Crippen molar-refractivity contribution in [1.82, 2.24) is 9.88 Å². The Morgan fingerprint density at radius 1 is 1.26 bits per heavy atom. The molecule has 3 rings (SSSR count). The Kier molecular flexibility index (Phi) is 3.35. The van der Waals surface area contributed by atoms with E-state index in [9.17, 15) is 0 Å². The van der Waals surface area contributed by atoms with E-state index < -0.39 is 0 Å². The fraction of sp³-hybridized carbons (Fsp3) is 0.688. The van der Waals surface area contributed by atoms with Gasteiger partial charge in [-0.05, 0) is 56.7 Å². The number of nitrogens with zero attached hydrogens (tertiary/aromatic N) is 2. The van der Waals surface area contributed by atoms with Crippen LogP contribution in [-0.2, 0) is 4.74 Å². The van der Waals surface area contributed by atoms with Gasteiger partial charge in [-0.25, -0.2) is 0 Å². The third-order valence-corrected chi connectivity index (χ3v) is 4.25. The maximum Gasteiger partial charge on any atom is 0.0664 e. The van der Waals surface area contributed by atoms with Crippen LogP contribution < -0.4 is 0 Å². The lowest BCUT2D eigenvalue weighted by atomic mass is 9.93. The largest absolute Gasteiger partial charge is 0.378 e. The normalized spacial score (nSPS) is 25.5. The Morgan fingerprint density at radius 3 is 2.74 bits per heavy atom. The van der Waals surface area contributed by atoms with Crippen molar-refractivity contribution < 1.29 is 4.74 Å². The van der Waals surface area contributed by atoms with Crippen molar-refractivity contribution in [3.05, 3.63) is 29.6 Å². The van der Waals surface area contributed by atoms with E-state index in [2.05, 4.69) is 42.9 Å². The van der Waals surface area contributed by atoms with Gasteiger partial charge < -0.3 is 4.74 Å². The molecular formula is C16H24N2O. The number of hydrogen-bond donors (Lipinski definition) is 0. The van der Waals surface area contributed by atoms with E-state index in [0.29, 0.717) is 6.04 Å². The average Bonchev–Trinajstić information content (AvgIpc) is 3.22. The Hall–Kier alpha value is -0.930. The molecule has 0 aromatic carbocycles. The predicted octanol–water partition coefficient (Wildman–Crippen LogP) is 3.13. The van der Waals surface area contributed by atoms with E-state index >= 15 is 0 Å². The van der Waals surface area contributed by atoms with Gasteiger partial charge in [-0.1, -0.05) is 0 Å². The maximum absolute atomic E-state index is 5.75. The van der Waals surface area contributed by atoms with Crippen LogP contribution in [0.3, 0.4) is 0 Å². The average molecular weight is 260 g/mol. The Labute approximate surface area is 116 Å². The molecule has 1 saturated carbocycles. The minimum atomic E-state index is 0.179. The summed E-state index contributed by atoms with van der Waals surface area (Å²) in [6, 6.07) is 2.58. The van der Waals surface area contributed by atoms with Gasteiger partial charge in [0.1, 0.15) is 0 Å². The fourth-order valence-electron chi connectivity index (χ4n) is 3.12. The zero-order valence-electron chi connectivity index (χ0n) is 12.2. The summed E-state index contributed by atoms with van der Waals surface area (Å²) >= 11 is 0. The van der Waals surface area contributed by atoms with Crippen molar-refractivity contribution in [2.75, 3.05) is 19.8 Å². The van der Waals surface area contributed by atoms with E-state index in [1.165, 1.54) is 24.0 Å². The van der Waals surface area contributed by atoms with Crippen molar-refractivity contribution in [2.45, 2.75) is 51.1 Å². The van der Waals surface area contributed by atoms with E-state index in [1.54, 1.807) is 0 Å². The Morgan fingerprint density at radius 2 is 2.05 bits per heavy atom. The Balaban J connectivity index is 1.94. The fourth-order valence-corrected chi connectivity index (χ4v) is 3.12. The lowest BCUT2D eigenvalue weighted by molar-refractivity contribution is -0.0509. The first kappa shape index (κ1) is 13.1. The van der Waals surface area contributed by atoms with E-state index in [1.807, 2.05) is 6.20 Å². The smallest absolute Gasteiger partial charge is 0.0664 e. The van der Waals surface area contributed by atoms with E-state index in [-0.39, 0.29) is 5.54 Å². The summed E-state index contributed by atoms with van der Waals surface area (Å²) in [5, 5.41) is 0. The summed E-state index contributed by atoms with van der Waals surface area (Å²) in [5.41, 5.74) is 3.07. The molecule has 0 bridgehead atoms. The predicted molar refractivity (Wildman–Crippen MR) is 76.2 cm³/mol. The van der Waals surface area contributed by atoms with Gasteiger partial charge >= 0.3 is 0 Å². The molecule has 2 fully saturated rings. The van der Waals surface area contributed by atoms with Gasteiger partial charge in [0.05, 0.1) is 19.3 Å². The quantitative estimate of drug-likeness (QED) is 0.817. The summed E-state index contributed by atoms with van der Waals surface area (Å²) < 4.78 is 5.75. The molecule has 3 heteroatoms. The van der Waals surface area contributed by atoms with Crippen molar-refractivity contribution in [1.29, 1.82) is 0 Å². The van der Waals surface area contributed by atoms with Crippen LogP contribution in [0.2, 0.25) is 0 Å². The first-order chi connectivity index (χ1) is 9.07. The summed E-state index contributed by atoms with van der Waals surface area (Å²) in [5.74, 6) is 0.743. The second-order valence-corrected chi connectivity index (χ2v) is 6.73.